The van der Waals surface area contributed by atoms with Crippen LogP contribution in [0.4, 0.5) is 0 Å². The number of ether oxygens (including phenoxy) is 1. The number of carbonyl (C=O) groups excluding carboxylic acids is 4. The molecule has 3 atom stereocenters. The van der Waals surface area contributed by atoms with Gasteiger partial charge >= 0.3 is 29.3 Å². The third kappa shape index (κ3) is 9.98. The zero-order valence-electron chi connectivity index (χ0n) is 27.1. The van der Waals surface area contributed by atoms with Crippen molar-refractivity contribution in [2.45, 2.75) is 56.8 Å². The Kier molecular flexibility index (Phi) is 13.6. The molecule has 3 aromatic rings. The first-order chi connectivity index (χ1) is 24.7. The normalized spacial score (nSPS) is 15.3. The van der Waals surface area contributed by atoms with Crippen LogP contribution in [0.25, 0.3) is 0 Å². The van der Waals surface area contributed by atoms with Gasteiger partial charge in [-0.25, -0.2) is 28.3 Å². The number of nitrogens with zero attached hydrogens (tertiary/aromatic N) is 3. The fourth-order valence-corrected chi connectivity index (χ4v) is 6.03. The van der Waals surface area contributed by atoms with E-state index in [4.69, 9.17) is 44.6 Å². The van der Waals surface area contributed by atoms with Gasteiger partial charge in [0.25, 0.3) is 0 Å². The molecule has 2 amide bonds. The van der Waals surface area contributed by atoms with Gasteiger partial charge in [0, 0.05) is 24.5 Å². The predicted molar refractivity (Wildman–Crippen MR) is 186 cm³/mol. The summed E-state index contributed by atoms with van der Waals surface area (Å²) in [6.45, 7) is -1.22. The average molecular weight is 781 g/mol. The lowest BCUT2D eigenvalue weighted by Crippen LogP contribution is -2.49. The summed E-state index contributed by atoms with van der Waals surface area (Å²) in [7, 11) is 0. The van der Waals surface area contributed by atoms with E-state index in [1.807, 2.05) is 0 Å². The van der Waals surface area contributed by atoms with Crippen LogP contribution in [0.2, 0.25) is 15.1 Å². The number of halogens is 3. The van der Waals surface area contributed by atoms with Crippen LogP contribution in [0, 0.1) is 0 Å². The molecule has 0 radical (unpaired) electrons. The number of aliphatic carboxylic acids is 2. The topological polar surface area (TPSA) is 225 Å². The standard InChI is InChI=1S/C33H32Cl3N5O11/c34-19-8-6-18(7-9-19)15-26(43)37-13-12-20-10-11-24(41-33(51)39(32(50)40(20)41)14-2-5-27(44)45)30(48)38-23(16-28(46)47)25(42)17-52-31(49)29-21(35)3-1-4-22(29)36/h1,3-4,6-11,20,23-24H,2,5,12-17H2,(H,37,43)(H,38,48)(H,44,45)(H,46,47)/t20-,23-,24-/m0/s1. The number of esters is 1. The summed E-state index contributed by atoms with van der Waals surface area (Å²) in [6, 6.07) is 6.72. The van der Waals surface area contributed by atoms with Gasteiger partial charge in [-0.3, -0.25) is 24.0 Å². The number of benzene rings is 2. The highest BCUT2D eigenvalue weighted by atomic mass is 35.5. The number of nitrogens with one attached hydrogen (secondary N) is 2. The second kappa shape index (κ2) is 17.8. The van der Waals surface area contributed by atoms with Gasteiger partial charge in [0.05, 0.1) is 34.5 Å². The van der Waals surface area contributed by atoms with Gasteiger partial charge in [-0.05, 0) is 42.7 Å². The Balaban J connectivity index is 1.53. The maximum Gasteiger partial charge on any atom is 0.348 e. The summed E-state index contributed by atoms with van der Waals surface area (Å²) in [5.41, 5.74) is -1.35. The number of hydrogen-bond acceptors (Lipinski definition) is 9. The van der Waals surface area contributed by atoms with E-state index in [-0.39, 0.29) is 60.3 Å². The number of rotatable bonds is 17. The van der Waals surface area contributed by atoms with Crippen molar-refractivity contribution >= 4 is 70.3 Å². The molecular formula is C33H32Cl3N5O11. The van der Waals surface area contributed by atoms with E-state index in [9.17, 15) is 43.5 Å². The number of carboxylic acids is 2. The Hall–Kier alpha value is -5.19. The monoisotopic (exact) mass is 779 g/mol. The van der Waals surface area contributed by atoms with E-state index in [1.54, 1.807) is 24.3 Å². The number of ketones is 1. The van der Waals surface area contributed by atoms with Crippen LogP contribution < -0.4 is 22.0 Å². The highest BCUT2D eigenvalue weighted by molar-refractivity contribution is 6.39. The van der Waals surface area contributed by atoms with Crippen molar-refractivity contribution in [3.05, 3.63) is 102 Å². The van der Waals surface area contributed by atoms with E-state index in [0.29, 0.717) is 10.6 Å². The summed E-state index contributed by atoms with van der Waals surface area (Å²) in [4.78, 5) is 102. The van der Waals surface area contributed by atoms with Gasteiger partial charge in [0.2, 0.25) is 11.8 Å². The minimum atomic E-state index is -1.74. The Bertz CT molecular complexity index is 2000. The van der Waals surface area contributed by atoms with E-state index >= 15 is 0 Å². The maximum absolute atomic E-state index is 13.6. The molecule has 52 heavy (non-hydrogen) atoms. The number of aromatic nitrogens is 3. The number of carboxylic acid groups (broad SMARTS) is 2. The van der Waals surface area contributed by atoms with Crippen molar-refractivity contribution < 1.29 is 43.7 Å². The average Bonchev–Trinajstić information content (AvgIpc) is 3.33. The van der Waals surface area contributed by atoms with Crippen molar-refractivity contribution in [2.75, 3.05) is 13.2 Å². The second-order valence-electron chi connectivity index (χ2n) is 11.5. The number of allylic oxidation sites excluding steroid dienone is 1. The molecule has 4 N–H and O–H groups in total. The Morgan fingerprint density at radius 1 is 0.865 bits per heavy atom. The molecule has 1 aliphatic rings. The van der Waals surface area contributed by atoms with Crippen molar-refractivity contribution in [1.29, 1.82) is 0 Å². The predicted octanol–water partition coefficient (Wildman–Crippen LogP) is 2.42. The van der Waals surface area contributed by atoms with Crippen LogP contribution >= 0.6 is 34.8 Å². The van der Waals surface area contributed by atoms with E-state index < -0.39 is 72.1 Å². The molecule has 1 aliphatic heterocycles. The number of Topliss-reactive ketones (excluding diaryl/α,β-unsaturated/α-hetero) is 1. The van der Waals surface area contributed by atoms with E-state index in [2.05, 4.69) is 10.6 Å². The van der Waals surface area contributed by atoms with Gasteiger partial charge in [0.1, 0.15) is 6.04 Å². The quantitative estimate of drug-likeness (QED) is 0.115. The fourth-order valence-electron chi connectivity index (χ4n) is 5.35. The summed E-state index contributed by atoms with van der Waals surface area (Å²) >= 11 is 17.9. The van der Waals surface area contributed by atoms with Gasteiger partial charge in [-0.15, -0.1) is 0 Å². The molecule has 0 saturated heterocycles. The SMILES string of the molecule is O=C(O)CCCn1c(=O)n2n(c1=O)[C@H](C(=O)N[C@@H](CC(=O)O)C(=O)COC(=O)c1c(Cl)cccc1Cl)C=C[C@H]2CCNC(=O)Cc1ccc(Cl)cc1. The third-order valence-electron chi connectivity index (χ3n) is 7.86. The van der Waals surface area contributed by atoms with Crippen LogP contribution in [0.5, 0.6) is 0 Å². The molecule has 0 spiro atoms. The van der Waals surface area contributed by atoms with Crippen LogP contribution in [0.15, 0.2) is 64.2 Å². The zero-order chi connectivity index (χ0) is 38.1. The summed E-state index contributed by atoms with van der Waals surface area (Å²) in [6.07, 6.45) is 1.50. The van der Waals surface area contributed by atoms with Crippen molar-refractivity contribution in [2.24, 2.45) is 0 Å². The summed E-state index contributed by atoms with van der Waals surface area (Å²) in [5.74, 6) is -6.12. The molecule has 0 aliphatic carbocycles. The largest absolute Gasteiger partial charge is 0.481 e. The number of amides is 2. The zero-order valence-corrected chi connectivity index (χ0v) is 29.4. The lowest BCUT2D eigenvalue weighted by atomic mass is 10.1. The summed E-state index contributed by atoms with van der Waals surface area (Å²) < 4.78 is 7.57. The molecule has 4 rings (SSSR count). The first-order valence-electron chi connectivity index (χ1n) is 15.7. The molecule has 1 aromatic heterocycles. The highest BCUT2D eigenvalue weighted by Crippen LogP contribution is 2.25. The minimum absolute atomic E-state index is 0.0493. The van der Waals surface area contributed by atoms with Crippen LogP contribution in [-0.4, -0.2) is 78.8 Å². The molecule has 0 bridgehead atoms. The molecule has 0 saturated carbocycles. The molecule has 0 unspecified atom stereocenters. The minimum Gasteiger partial charge on any atom is -0.481 e. The van der Waals surface area contributed by atoms with Crippen LogP contribution in [0.1, 0.15) is 53.7 Å². The van der Waals surface area contributed by atoms with Gasteiger partial charge in [-0.2, -0.15) is 0 Å². The van der Waals surface area contributed by atoms with Crippen molar-refractivity contribution in [3.63, 3.8) is 0 Å². The molecule has 2 heterocycles. The number of carbonyl (C=O) groups is 6. The first-order valence-corrected chi connectivity index (χ1v) is 16.8. The summed E-state index contributed by atoms with van der Waals surface area (Å²) in [5, 5.41) is 23.9. The molecular weight excluding hydrogens is 749 g/mol. The fraction of sp³-hybridized carbons (Fsp3) is 0.333. The van der Waals surface area contributed by atoms with Crippen LogP contribution in [0.3, 0.4) is 0 Å². The van der Waals surface area contributed by atoms with E-state index in [1.165, 1.54) is 30.4 Å². The van der Waals surface area contributed by atoms with Gasteiger partial charge in [-0.1, -0.05) is 65.2 Å². The number of hydrogen-bond donors (Lipinski definition) is 4. The molecule has 0 fully saturated rings. The maximum atomic E-state index is 13.6. The highest BCUT2D eigenvalue weighted by Gasteiger charge is 2.35. The first kappa shape index (κ1) is 39.6. The van der Waals surface area contributed by atoms with Gasteiger partial charge in [0.15, 0.2) is 18.4 Å². The van der Waals surface area contributed by atoms with Crippen LogP contribution in [-0.2, 0) is 41.7 Å². The van der Waals surface area contributed by atoms with Crippen molar-refractivity contribution in [1.82, 2.24) is 24.6 Å². The van der Waals surface area contributed by atoms with Gasteiger partial charge < -0.3 is 25.6 Å². The second-order valence-corrected chi connectivity index (χ2v) is 12.8. The molecule has 19 heteroatoms. The Morgan fingerprint density at radius 2 is 1.52 bits per heavy atom. The Morgan fingerprint density at radius 3 is 2.15 bits per heavy atom. The smallest absolute Gasteiger partial charge is 0.348 e. The Labute approximate surface area is 309 Å². The third-order valence-corrected chi connectivity index (χ3v) is 8.74. The van der Waals surface area contributed by atoms with Crippen molar-refractivity contribution in [3.8, 4) is 0 Å². The molecule has 2 aromatic carbocycles. The number of fused-ring (bicyclic) bond motifs is 1. The van der Waals surface area contributed by atoms with E-state index in [0.717, 1.165) is 13.9 Å². The molecule has 16 nitrogen and oxygen atoms in total. The lowest BCUT2D eigenvalue weighted by Gasteiger charge is -2.27. The molecule has 276 valence electrons. The lowest BCUT2D eigenvalue weighted by molar-refractivity contribution is -0.141.